The highest BCUT2D eigenvalue weighted by Gasteiger charge is 2.35. The van der Waals surface area contributed by atoms with Crippen LogP contribution in [0.5, 0.6) is 17.2 Å². The van der Waals surface area contributed by atoms with Crippen LogP contribution in [-0.4, -0.2) is 33.3 Å². The number of aromatic hydroxyl groups is 1. The van der Waals surface area contributed by atoms with Gasteiger partial charge in [0.2, 0.25) is 5.75 Å². The highest BCUT2D eigenvalue weighted by atomic mass is 31.1. The van der Waals surface area contributed by atoms with Gasteiger partial charge in [-0.2, -0.15) is 0 Å². The molecule has 3 rings (SSSR count). The second-order valence-corrected chi connectivity index (χ2v) is 9.40. The Morgan fingerprint density at radius 1 is 1.26 bits per heavy atom. The molecule has 10 heteroatoms. The number of aryl methyl sites for hydroxylation is 1. The van der Waals surface area contributed by atoms with E-state index < -0.39 is 20.2 Å². The van der Waals surface area contributed by atoms with Gasteiger partial charge >= 0.3 is 14.1 Å². The molecule has 2 aromatic rings. The number of esters is 1. The Kier molecular flexibility index (Phi) is 9.21. The fourth-order valence-electron chi connectivity index (χ4n) is 3.90. The summed E-state index contributed by atoms with van der Waals surface area (Å²) in [5.41, 5.74) is 1.24. The molecule has 0 bridgehead atoms. The van der Waals surface area contributed by atoms with Crippen molar-refractivity contribution in [3.05, 3.63) is 47.3 Å². The molecule has 1 fully saturated rings. The molecule has 9 nitrogen and oxygen atoms in total. The number of rotatable bonds is 10. The van der Waals surface area contributed by atoms with E-state index >= 15 is 0 Å². The van der Waals surface area contributed by atoms with Crippen LogP contribution in [-0.2, 0) is 22.7 Å². The first-order valence-corrected chi connectivity index (χ1v) is 12.5. The van der Waals surface area contributed by atoms with Gasteiger partial charge in [-0.1, -0.05) is 29.7 Å². The molecule has 1 aromatic heterocycles. The topological polar surface area (TPSA) is 134 Å². The van der Waals surface area contributed by atoms with Crippen molar-refractivity contribution in [2.45, 2.75) is 71.8 Å². The number of aliphatic hydroxyl groups excluding tert-OH is 1. The van der Waals surface area contributed by atoms with Gasteiger partial charge in [0.1, 0.15) is 12.4 Å². The van der Waals surface area contributed by atoms with E-state index in [2.05, 4.69) is 9.73 Å². The second kappa shape index (κ2) is 12.1. The van der Waals surface area contributed by atoms with E-state index in [9.17, 15) is 19.9 Å². The number of aliphatic hydroxyl groups is 1. The Morgan fingerprint density at radius 2 is 1.94 bits per heavy atom. The first kappa shape index (κ1) is 25.9. The summed E-state index contributed by atoms with van der Waals surface area (Å²) in [5.74, 6) is -0.0847. The SMILES string of the molecule is Cc1ncc(COc2ccccc2O[P+]([O-])=N[C@H](C(=O)OC(C)C)C2CCCC2)c(CO)c1O. The largest absolute Gasteiger partial charge is 0.575 e. The summed E-state index contributed by atoms with van der Waals surface area (Å²) in [6, 6.07) is 5.82. The molecule has 34 heavy (non-hydrogen) atoms. The molecule has 1 saturated carbocycles. The summed E-state index contributed by atoms with van der Waals surface area (Å²) in [5, 5.41) is 19.7. The minimum absolute atomic E-state index is 0.00353. The number of hydrogen-bond donors (Lipinski definition) is 2. The minimum Gasteiger partial charge on any atom is -0.575 e. The van der Waals surface area contributed by atoms with Gasteiger partial charge < -0.3 is 24.6 Å². The second-order valence-electron chi connectivity index (χ2n) is 8.51. The Bertz CT molecular complexity index is 1020. The lowest BCUT2D eigenvalue weighted by Crippen LogP contribution is -2.30. The van der Waals surface area contributed by atoms with Crippen LogP contribution in [0, 0.1) is 12.8 Å². The lowest BCUT2D eigenvalue weighted by Gasteiger charge is -2.17. The first-order valence-electron chi connectivity index (χ1n) is 11.4. The standard InChI is InChI=1S/C24H31N2O7P/c1-15(2)32-24(29)22(17-8-4-5-9-17)26-34(30)33-21-11-7-6-10-20(21)31-14-18-12-25-16(3)23(28)19(18)13-27/h6-7,10-12,15,17,22,27-28H,4-5,8-9,13-14H2,1-3H3/t22-/m0/s1. The molecule has 0 amide bonds. The number of hydrogen-bond acceptors (Lipinski definition) is 9. The number of carbonyl (C=O) groups excluding carboxylic acids is 1. The zero-order chi connectivity index (χ0) is 24.7. The van der Waals surface area contributed by atoms with Crippen LogP contribution in [0.3, 0.4) is 0 Å². The molecule has 0 spiro atoms. The molecule has 0 saturated heterocycles. The lowest BCUT2D eigenvalue weighted by atomic mass is 9.99. The third-order valence-electron chi connectivity index (χ3n) is 5.66. The van der Waals surface area contributed by atoms with Crippen LogP contribution in [0.4, 0.5) is 0 Å². The van der Waals surface area contributed by atoms with E-state index in [1.807, 2.05) is 0 Å². The summed E-state index contributed by atoms with van der Waals surface area (Å²) in [6.07, 6.45) is 4.88. The van der Waals surface area contributed by atoms with Crippen LogP contribution in [0.1, 0.15) is 56.4 Å². The lowest BCUT2D eigenvalue weighted by molar-refractivity contribution is -0.170. The van der Waals surface area contributed by atoms with Crippen molar-refractivity contribution < 1.29 is 33.9 Å². The highest BCUT2D eigenvalue weighted by molar-refractivity contribution is 7.34. The Morgan fingerprint density at radius 3 is 2.59 bits per heavy atom. The van der Waals surface area contributed by atoms with Crippen molar-refractivity contribution in [2.75, 3.05) is 0 Å². The van der Waals surface area contributed by atoms with E-state index in [1.54, 1.807) is 45.0 Å². The number of ether oxygens (including phenoxy) is 2. The molecule has 1 aromatic carbocycles. The summed E-state index contributed by atoms with van der Waals surface area (Å²) < 4.78 is 20.9. The molecule has 0 radical (unpaired) electrons. The molecule has 184 valence electrons. The van der Waals surface area contributed by atoms with E-state index in [0.29, 0.717) is 22.6 Å². The zero-order valence-corrected chi connectivity index (χ0v) is 20.5. The maximum absolute atomic E-state index is 12.8. The highest BCUT2D eigenvalue weighted by Crippen LogP contribution is 2.37. The predicted molar refractivity (Wildman–Crippen MR) is 124 cm³/mol. The van der Waals surface area contributed by atoms with E-state index in [4.69, 9.17) is 14.0 Å². The van der Waals surface area contributed by atoms with Crippen molar-refractivity contribution >= 4 is 14.1 Å². The monoisotopic (exact) mass is 490 g/mol. The maximum Gasteiger partial charge on any atom is 0.395 e. The average molecular weight is 490 g/mol. The van der Waals surface area contributed by atoms with Gasteiger partial charge in [0, 0.05) is 17.3 Å². The van der Waals surface area contributed by atoms with Crippen molar-refractivity contribution in [2.24, 2.45) is 10.7 Å². The molecule has 1 aliphatic carbocycles. The number of carbonyl (C=O) groups is 1. The normalized spacial score (nSPS) is 15.4. The summed E-state index contributed by atoms with van der Waals surface area (Å²) >= 11 is 0. The molecular formula is C24H31N2O7P. The smallest absolute Gasteiger partial charge is 0.395 e. The van der Waals surface area contributed by atoms with Crippen molar-refractivity contribution in [3.63, 3.8) is 0 Å². The average Bonchev–Trinajstić information content (AvgIpc) is 3.33. The van der Waals surface area contributed by atoms with Crippen molar-refractivity contribution in [1.29, 1.82) is 0 Å². The minimum atomic E-state index is -2.57. The molecule has 0 aliphatic heterocycles. The molecule has 1 heterocycles. The van der Waals surface area contributed by atoms with Gasteiger partial charge in [-0.15, -0.1) is 0 Å². The number of para-hydroxylation sites is 2. The van der Waals surface area contributed by atoms with Crippen LogP contribution < -0.4 is 14.2 Å². The fourth-order valence-corrected chi connectivity index (χ4v) is 4.76. The van der Waals surface area contributed by atoms with E-state index in [-0.39, 0.29) is 36.7 Å². The van der Waals surface area contributed by atoms with Gasteiger partial charge in [-0.3, -0.25) is 9.51 Å². The third kappa shape index (κ3) is 6.65. The van der Waals surface area contributed by atoms with E-state index in [0.717, 1.165) is 25.7 Å². The summed E-state index contributed by atoms with van der Waals surface area (Å²) in [6.45, 7) is 4.79. The number of pyridine rings is 1. The zero-order valence-electron chi connectivity index (χ0n) is 19.6. The molecule has 2 atom stereocenters. The van der Waals surface area contributed by atoms with Crippen LogP contribution in [0.2, 0.25) is 0 Å². The third-order valence-corrected chi connectivity index (χ3v) is 6.45. The van der Waals surface area contributed by atoms with Gasteiger partial charge in [0.15, 0.2) is 11.8 Å². The predicted octanol–water partition coefficient (Wildman–Crippen LogP) is 3.91. The number of benzene rings is 1. The van der Waals surface area contributed by atoms with Crippen LogP contribution in [0.25, 0.3) is 0 Å². The van der Waals surface area contributed by atoms with Gasteiger partial charge in [0.05, 0.1) is 18.4 Å². The first-order chi connectivity index (χ1) is 16.3. The van der Waals surface area contributed by atoms with Gasteiger partial charge in [-0.05, 0) is 51.7 Å². The maximum atomic E-state index is 12.8. The Hall–Kier alpha value is -2.74. The molecule has 1 aliphatic rings. The molecule has 1 unspecified atom stereocenters. The van der Waals surface area contributed by atoms with Gasteiger partial charge in [-0.25, -0.2) is 4.79 Å². The van der Waals surface area contributed by atoms with Gasteiger partial charge in [0.25, 0.3) is 0 Å². The van der Waals surface area contributed by atoms with Crippen LogP contribution in [0.15, 0.2) is 35.2 Å². The molecule has 2 N–H and O–H groups in total. The van der Waals surface area contributed by atoms with Crippen LogP contribution >= 0.6 is 8.17 Å². The van der Waals surface area contributed by atoms with Crippen molar-refractivity contribution in [3.8, 4) is 17.2 Å². The number of aromatic nitrogens is 1. The van der Waals surface area contributed by atoms with Crippen molar-refractivity contribution in [1.82, 2.24) is 4.98 Å². The Balaban J connectivity index is 1.76. The van der Waals surface area contributed by atoms with E-state index in [1.165, 1.54) is 6.20 Å². The number of nitrogens with zero attached hydrogens (tertiary/aromatic N) is 2. The summed E-state index contributed by atoms with van der Waals surface area (Å²) in [7, 11) is -2.57. The fraction of sp³-hybridized carbons (Fsp3) is 0.500. The Labute approximate surface area is 200 Å². The summed E-state index contributed by atoms with van der Waals surface area (Å²) in [4.78, 5) is 29.5. The quantitative estimate of drug-likeness (QED) is 0.378. The molecular weight excluding hydrogens is 459 g/mol.